The first-order chi connectivity index (χ1) is 13.2. The maximum absolute atomic E-state index is 12.2. The van der Waals surface area contributed by atoms with Crippen molar-refractivity contribution in [2.75, 3.05) is 26.0 Å². The number of pyridine rings is 1. The second-order valence-electron chi connectivity index (χ2n) is 8.09. The molecule has 1 aromatic heterocycles. The highest BCUT2D eigenvalue weighted by molar-refractivity contribution is 7.98. The lowest BCUT2D eigenvalue weighted by Crippen LogP contribution is -2.41. The molecule has 0 N–H and O–H groups in total. The lowest BCUT2D eigenvalue weighted by molar-refractivity contribution is 0.0195. The number of nitrogens with zero attached hydrogens (tertiary/aromatic N) is 2. The summed E-state index contributed by atoms with van der Waals surface area (Å²) in [7, 11) is 0. The monoisotopic (exact) mass is 390 g/mol. The molecule has 2 aliphatic carbocycles. The minimum absolute atomic E-state index is 0.0844. The second kappa shape index (κ2) is 8.72. The number of rotatable bonds is 7. The zero-order valence-electron chi connectivity index (χ0n) is 16.1. The molecule has 0 spiro atoms. The number of thioether (sulfide) groups is 1. The summed E-state index contributed by atoms with van der Waals surface area (Å²) in [6.45, 7) is 2.47. The highest BCUT2D eigenvalue weighted by atomic mass is 32.2. The van der Waals surface area contributed by atoms with Gasteiger partial charge >= 0.3 is 6.09 Å². The van der Waals surface area contributed by atoms with Crippen LogP contribution in [-0.2, 0) is 4.74 Å². The summed E-state index contributed by atoms with van der Waals surface area (Å²) in [5, 5.41) is 0. The van der Waals surface area contributed by atoms with Crippen molar-refractivity contribution in [3.8, 4) is 5.88 Å². The Labute approximate surface area is 166 Å². The van der Waals surface area contributed by atoms with Gasteiger partial charge in [0, 0.05) is 30.2 Å². The van der Waals surface area contributed by atoms with E-state index >= 15 is 0 Å². The number of carbonyl (C=O) groups excluding carboxylic acids is 1. The number of ether oxygens (including phenoxy) is 2. The Morgan fingerprint density at radius 3 is 2.70 bits per heavy atom. The van der Waals surface area contributed by atoms with Gasteiger partial charge in [0.05, 0.1) is 6.61 Å². The van der Waals surface area contributed by atoms with Crippen molar-refractivity contribution in [2.24, 2.45) is 17.8 Å². The molecule has 1 saturated heterocycles. The fourth-order valence-corrected chi connectivity index (χ4v) is 4.65. The van der Waals surface area contributed by atoms with E-state index in [9.17, 15) is 4.79 Å². The van der Waals surface area contributed by atoms with Gasteiger partial charge in [-0.15, -0.1) is 11.8 Å². The van der Waals surface area contributed by atoms with Crippen LogP contribution in [0.15, 0.2) is 23.2 Å². The third-order valence-electron chi connectivity index (χ3n) is 6.38. The largest absolute Gasteiger partial charge is 0.478 e. The zero-order valence-corrected chi connectivity index (χ0v) is 17.0. The molecule has 3 aliphatic rings. The van der Waals surface area contributed by atoms with Crippen LogP contribution in [0.3, 0.4) is 0 Å². The SMILES string of the molecule is CSc1ccc(OCC[C@@H]2C[C@@H]2C2CCN(C(=O)OC3CCC3)CC2)nc1. The number of hydrogen-bond acceptors (Lipinski definition) is 5. The standard InChI is InChI=1S/C21H30N2O3S/c1-27-18-5-6-20(22-14-18)25-12-9-16-13-19(16)15-7-10-23(11-8-15)21(24)26-17-3-2-4-17/h5-6,14-17,19H,2-4,7-13H2,1H3/t16-,19-/m1/s1. The summed E-state index contributed by atoms with van der Waals surface area (Å²) in [5.41, 5.74) is 0. The quantitative estimate of drug-likeness (QED) is 0.637. The Morgan fingerprint density at radius 1 is 1.26 bits per heavy atom. The molecule has 1 aliphatic heterocycles. The average molecular weight is 391 g/mol. The van der Waals surface area contributed by atoms with E-state index in [1.165, 1.54) is 12.8 Å². The molecule has 5 nitrogen and oxygen atoms in total. The molecular formula is C21H30N2O3S. The average Bonchev–Trinajstić information content (AvgIpc) is 3.45. The summed E-state index contributed by atoms with van der Waals surface area (Å²) >= 11 is 1.69. The van der Waals surface area contributed by atoms with Crippen LogP contribution in [0.4, 0.5) is 4.79 Å². The second-order valence-corrected chi connectivity index (χ2v) is 8.97. The third-order valence-corrected chi connectivity index (χ3v) is 7.10. The summed E-state index contributed by atoms with van der Waals surface area (Å²) in [6, 6.07) is 4.01. The molecule has 4 rings (SSSR count). The van der Waals surface area contributed by atoms with Crippen LogP contribution in [0.1, 0.15) is 44.9 Å². The predicted octanol–water partition coefficient (Wildman–Crippen LogP) is 4.61. The first-order valence-electron chi connectivity index (χ1n) is 10.3. The van der Waals surface area contributed by atoms with E-state index in [4.69, 9.17) is 9.47 Å². The Bertz CT molecular complexity index is 627. The molecule has 0 aromatic carbocycles. The Hall–Kier alpha value is -1.43. The fourth-order valence-electron chi connectivity index (χ4n) is 4.28. The highest BCUT2D eigenvalue weighted by Gasteiger charge is 2.43. The molecule has 0 unspecified atom stereocenters. The van der Waals surface area contributed by atoms with Crippen LogP contribution >= 0.6 is 11.8 Å². The fraction of sp³-hybridized carbons (Fsp3) is 0.714. The molecule has 27 heavy (non-hydrogen) atoms. The number of carbonyl (C=O) groups is 1. The van der Waals surface area contributed by atoms with E-state index in [1.807, 2.05) is 23.4 Å². The molecule has 3 fully saturated rings. The lowest BCUT2D eigenvalue weighted by Gasteiger charge is -2.34. The van der Waals surface area contributed by atoms with E-state index in [0.29, 0.717) is 0 Å². The van der Waals surface area contributed by atoms with Crippen molar-refractivity contribution in [3.05, 3.63) is 18.3 Å². The van der Waals surface area contributed by atoms with E-state index in [1.54, 1.807) is 11.8 Å². The van der Waals surface area contributed by atoms with Gasteiger partial charge in [0.25, 0.3) is 0 Å². The molecule has 1 aromatic rings. The van der Waals surface area contributed by atoms with Crippen molar-refractivity contribution in [1.29, 1.82) is 0 Å². The summed E-state index contributed by atoms with van der Waals surface area (Å²) < 4.78 is 11.3. The van der Waals surface area contributed by atoms with E-state index in [0.717, 1.165) is 80.3 Å². The number of amides is 1. The molecule has 2 saturated carbocycles. The van der Waals surface area contributed by atoms with Crippen LogP contribution < -0.4 is 4.74 Å². The lowest BCUT2D eigenvalue weighted by atomic mass is 9.90. The molecule has 2 heterocycles. The predicted molar refractivity (Wildman–Crippen MR) is 106 cm³/mol. The van der Waals surface area contributed by atoms with Gasteiger partial charge in [-0.05, 0) is 75.0 Å². The molecule has 2 atom stereocenters. The Kier molecular flexibility index (Phi) is 6.11. The van der Waals surface area contributed by atoms with Crippen molar-refractivity contribution >= 4 is 17.9 Å². The van der Waals surface area contributed by atoms with Crippen LogP contribution in [-0.4, -0.2) is 48.0 Å². The molecule has 0 bridgehead atoms. The maximum atomic E-state index is 12.2. The van der Waals surface area contributed by atoms with E-state index < -0.39 is 0 Å². The minimum atomic E-state index is -0.0844. The van der Waals surface area contributed by atoms with Gasteiger partial charge in [0.15, 0.2) is 0 Å². The molecule has 148 valence electrons. The minimum Gasteiger partial charge on any atom is -0.478 e. The normalized spacial score (nSPS) is 25.7. The molecular weight excluding hydrogens is 360 g/mol. The van der Waals surface area contributed by atoms with Crippen LogP contribution in [0, 0.1) is 17.8 Å². The van der Waals surface area contributed by atoms with Crippen molar-refractivity contribution in [2.45, 2.75) is 55.9 Å². The number of aromatic nitrogens is 1. The van der Waals surface area contributed by atoms with Gasteiger partial charge in [0.2, 0.25) is 5.88 Å². The van der Waals surface area contributed by atoms with Gasteiger partial charge in [-0.25, -0.2) is 9.78 Å². The Balaban J connectivity index is 1.12. The van der Waals surface area contributed by atoms with E-state index in [-0.39, 0.29) is 12.2 Å². The third kappa shape index (κ3) is 4.89. The van der Waals surface area contributed by atoms with Crippen LogP contribution in [0.25, 0.3) is 0 Å². The van der Waals surface area contributed by atoms with Crippen LogP contribution in [0.2, 0.25) is 0 Å². The van der Waals surface area contributed by atoms with Crippen molar-refractivity contribution in [1.82, 2.24) is 9.88 Å². The summed E-state index contributed by atoms with van der Waals surface area (Å²) in [5.74, 6) is 3.10. The first-order valence-corrected chi connectivity index (χ1v) is 11.5. The summed E-state index contributed by atoms with van der Waals surface area (Å²) in [4.78, 5) is 19.6. The van der Waals surface area contributed by atoms with Gasteiger partial charge in [-0.1, -0.05) is 0 Å². The van der Waals surface area contributed by atoms with Gasteiger partial charge < -0.3 is 14.4 Å². The van der Waals surface area contributed by atoms with Gasteiger partial charge in [-0.2, -0.15) is 0 Å². The van der Waals surface area contributed by atoms with Gasteiger partial charge in [-0.3, -0.25) is 0 Å². The van der Waals surface area contributed by atoms with Crippen molar-refractivity contribution in [3.63, 3.8) is 0 Å². The van der Waals surface area contributed by atoms with Crippen molar-refractivity contribution < 1.29 is 14.3 Å². The molecule has 0 radical (unpaired) electrons. The molecule has 6 heteroatoms. The smallest absolute Gasteiger partial charge is 0.410 e. The zero-order chi connectivity index (χ0) is 18.6. The van der Waals surface area contributed by atoms with Gasteiger partial charge in [0.1, 0.15) is 6.10 Å². The Morgan fingerprint density at radius 2 is 2.07 bits per heavy atom. The number of piperidine rings is 1. The first kappa shape index (κ1) is 18.9. The molecule has 1 amide bonds. The highest BCUT2D eigenvalue weighted by Crippen LogP contribution is 2.49. The summed E-state index contributed by atoms with van der Waals surface area (Å²) in [6.07, 6.45) is 12.0. The number of likely N-dealkylation sites (tertiary alicyclic amines) is 1. The topological polar surface area (TPSA) is 51.7 Å². The maximum Gasteiger partial charge on any atom is 0.410 e. The van der Waals surface area contributed by atoms with Crippen LogP contribution in [0.5, 0.6) is 5.88 Å². The van der Waals surface area contributed by atoms with E-state index in [2.05, 4.69) is 11.1 Å². The number of hydrogen-bond donors (Lipinski definition) is 0.